The predicted molar refractivity (Wildman–Crippen MR) is 126 cm³/mol. The van der Waals surface area contributed by atoms with Gasteiger partial charge in [-0.1, -0.05) is 106 Å². The van der Waals surface area contributed by atoms with Crippen LogP contribution in [0.2, 0.25) is 0 Å². The first-order valence-electron chi connectivity index (χ1n) is 11.4. The van der Waals surface area contributed by atoms with Crippen LogP contribution in [-0.4, -0.2) is 6.61 Å². The van der Waals surface area contributed by atoms with Gasteiger partial charge in [-0.05, 0) is 52.8 Å². The molecule has 0 radical (unpaired) electrons. The van der Waals surface area contributed by atoms with Gasteiger partial charge in [0.05, 0.1) is 0 Å². The molecule has 0 saturated carbocycles. The SMILES string of the molecule is CCCCCCCCCc1ccc(-c2ccccc2)c(-c2cccc(OC(F)F)c2)c1. The van der Waals surface area contributed by atoms with Gasteiger partial charge in [-0.15, -0.1) is 0 Å². The van der Waals surface area contributed by atoms with Gasteiger partial charge in [-0.2, -0.15) is 8.78 Å². The lowest BCUT2D eigenvalue weighted by molar-refractivity contribution is -0.0498. The van der Waals surface area contributed by atoms with Crippen LogP contribution in [0.4, 0.5) is 8.78 Å². The third kappa shape index (κ3) is 7.20. The Labute approximate surface area is 185 Å². The molecular formula is C28H32F2O. The van der Waals surface area contributed by atoms with Crippen molar-refractivity contribution in [3.63, 3.8) is 0 Å². The average Bonchev–Trinajstić information content (AvgIpc) is 2.79. The summed E-state index contributed by atoms with van der Waals surface area (Å²) < 4.78 is 30.1. The molecule has 164 valence electrons. The number of hydrogen-bond acceptors (Lipinski definition) is 1. The van der Waals surface area contributed by atoms with Gasteiger partial charge >= 0.3 is 6.61 Å². The molecule has 1 nitrogen and oxygen atoms in total. The second kappa shape index (κ2) is 12.2. The van der Waals surface area contributed by atoms with E-state index in [1.165, 1.54) is 50.5 Å². The number of aryl methyl sites for hydroxylation is 1. The highest BCUT2D eigenvalue weighted by Gasteiger charge is 2.11. The van der Waals surface area contributed by atoms with E-state index in [1.54, 1.807) is 18.2 Å². The molecule has 0 unspecified atom stereocenters. The molecule has 0 atom stereocenters. The normalized spacial score (nSPS) is 11.1. The fourth-order valence-corrected chi connectivity index (χ4v) is 3.98. The zero-order valence-electron chi connectivity index (χ0n) is 18.3. The quantitative estimate of drug-likeness (QED) is 0.265. The number of halogens is 2. The fourth-order valence-electron chi connectivity index (χ4n) is 3.98. The van der Waals surface area contributed by atoms with Crippen molar-refractivity contribution >= 4 is 0 Å². The standard InChI is InChI=1S/C28H32F2O/c1-2-3-4-5-6-7-9-13-22-18-19-26(23-14-10-8-11-15-23)27(20-22)24-16-12-17-25(21-24)31-28(29)30/h8,10-12,14-21,28H,2-7,9,13H2,1H3. The van der Waals surface area contributed by atoms with Crippen LogP contribution >= 0.6 is 0 Å². The van der Waals surface area contributed by atoms with Crippen LogP contribution in [0.15, 0.2) is 72.8 Å². The summed E-state index contributed by atoms with van der Waals surface area (Å²) in [7, 11) is 0. The van der Waals surface area contributed by atoms with Crippen molar-refractivity contribution in [3.05, 3.63) is 78.4 Å². The van der Waals surface area contributed by atoms with Gasteiger partial charge in [-0.25, -0.2) is 0 Å². The average molecular weight is 423 g/mol. The molecule has 0 fully saturated rings. The Morgan fingerprint density at radius 1 is 0.677 bits per heavy atom. The molecule has 0 saturated heterocycles. The largest absolute Gasteiger partial charge is 0.435 e. The van der Waals surface area contributed by atoms with Crippen LogP contribution in [0, 0.1) is 0 Å². The van der Waals surface area contributed by atoms with Gasteiger partial charge in [0.15, 0.2) is 0 Å². The van der Waals surface area contributed by atoms with Gasteiger partial charge in [0.25, 0.3) is 0 Å². The minimum absolute atomic E-state index is 0.184. The van der Waals surface area contributed by atoms with Crippen molar-refractivity contribution in [3.8, 4) is 28.0 Å². The molecule has 0 aliphatic carbocycles. The van der Waals surface area contributed by atoms with E-state index < -0.39 is 6.61 Å². The van der Waals surface area contributed by atoms with Gasteiger partial charge in [0, 0.05) is 0 Å². The van der Waals surface area contributed by atoms with E-state index in [9.17, 15) is 8.78 Å². The van der Waals surface area contributed by atoms with E-state index in [2.05, 4.69) is 42.0 Å². The Morgan fingerprint density at radius 3 is 2.13 bits per heavy atom. The Balaban J connectivity index is 1.80. The summed E-state index contributed by atoms with van der Waals surface area (Å²) in [5.41, 5.74) is 5.42. The third-order valence-corrected chi connectivity index (χ3v) is 5.61. The molecule has 0 aliphatic heterocycles. The summed E-state index contributed by atoms with van der Waals surface area (Å²) >= 11 is 0. The maximum atomic E-state index is 12.7. The Bertz CT molecular complexity index is 921. The lowest BCUT2D eigenvalue weighted by Gasteiger charge is -2.14. The minimum atomic E-state index is -2.83. The highest BCUT2D eigenvalue weighted by atomic mass is 19.3. The van der Waals surface area contributed by atoms with E-state index in [0.29, 0.717) is 0 Å². The lowest BCUT2D eigenvalue weighted by atomic mass is 9.91. The zero-order chi connectivity index (χ0) is 21.9. The molecule has 3 rings (SSSR count). The summed E-state index contributed by atoms with van der Waals surface area (Å²) in [6, 6.07) is 23.7. The first kappa shape index (κ1) is 23.0. The fraction of sp³-hybridized carbons (Fsp3) is 0.357. The number of unbranched alkanes of at least 4 members (excludes halogenated alkanes) is 6. The monoisotopic (exact) mass is 422 g/mol. The molecule has 3 heteroatoms. The van der Waals surface area contributed by atoms with E-state index in [0.717, 1.165) is 28.7 Å². The highest BCUT2D eigenvalue weighted by Crippen LogP contribution is 2.35. The van der Waals surface area contributed by atoms with Crippen molar-refractivity contribution in [2.24, 2.45) is 0 Å². The highest BCUT2D eigenvalue weighted by molar-refractivity contribution is 5.84. The Hall–Kier alpha value is -2.68. The summed E-state index contributed by atoms with van der Waals surface area (Å²) in [4.78, 5) is 0. The van der Waals surface area contributed by atoms with Gasteiger partial charge < -0.3 is 4.74 Å². The van der Waals surface area contributed by atoms with Gasteiger partial charge in [0.1, 0.15) is 5.75 Å². The van der Waals surface area contributed by atoms with Gasteiger partial charge in [-0.3, -0.25) is 0 Å². The van der Waals surface area contributed by atoms with Crippen LogP contribution in [0.5, 0.6) is 5.75 Å². The molecule has 0 N–H and O–H groups in total. The molecule has 0 heterocycles. The molecule has 3 aromatic rings. The van der Waals surface area contributed by atoms with Crippen LogP contribution in [0.3, 0.4) is 0 Å². The summed E-state index contributed by atoms with van der Waals surface area (Å²) in [6.45, 7) is -0.584. The van der Waals surface area contributed by atoms with Crippen LogP contribution in [0.25, 0.3) is 22.3 Å². The van der Waals surface area contributed by atoms with Crippen molar-refractivity contribution in [2.45, 2.75) is 64.9 Å². The topological polar surface area (TPSA) is 9.23 Å². The summed E-state index contributed by atoms with van der Waals surface area (Å²) in [5.74, 6) is 0.184. The minimum Gasteiger partial charge on any atom is -0.435 e. The van der Waals surface area contributed by atoms with Gasteiger partial charge in [0.2, 0.25) is 0 Å². The second-order valence-electron chi connectivity index (χ2n) is 8.02. The van der Waals surface area contributed by atoms with E-state index >= 15 is 0 Å². The lowest BCUT2D eigenvalue weighted by Crippen LogP contribution is -2.01. The zero-order valence-corrected chi connectivity index (χ0v) is 18.3. The molecule has 0 bridgehead atoms. The second-order valence-corrected chi connectivity index (χ2v) is 8.02. The molecule has 0 aromatic heterocycles. The summed E-state index contributed by atoms with van der Waals surface area (Å²) in [6.07, 6.45) is 10.0. The number of ether oxygens (including phenoxy) is 1. The van der Waals surface area contributed by atoms with Crippen molar-refractivity contribution in [1.29, 1.82) is 0 Å². The van der Waals surface area contributed by atoms with Crippen LogP contribution in [-0.2, 0) is 6.42 Å². The molecule has 0 amide bonds. The molecule has 31 heavy (non-hydrogen) atoms. The summed E-state index contributed by atoms with van der Waals surface area (Å²) in [5, 5.41) is 0. The molecule has 3 aromatic carbocycles. The predicted octanol–water partition coefficient (Wildman–Crippen LogP) is 8.92. The first-order chi connectivity index (χ1) is 15.2. The third-order valence-electron chi connectivity index (χ3n) is 5.61. The van der Waals surface area contributed by atoms with E-state index in [1.807, 2.05) is 24.3 Å². The number of hydrogen-bond donors (Lipinski definition) is 0. The Morgan fingerprint density at radius 2 is 1.39 bits per heavy atom. The smallest absolute Gasteiger partial charge is 0.387 e. The molecular weight excluding hydrogens is 390 g/mol. The number of alkyl halides is 2. The van der Waals surface area contributed by atoms with Crippen LogP contribution in [0.1, 0.15) is 57.4 Å². The Kier molecular flexibility index (Phi) is 9.08. The number of benzene rings is 3. The first-order valence-corrected chi connectivity index (χ1v) is 11.4. The van der Waals surface area contributed by atoms with Crippen molar-refractivity contribution < 1.29 is 13.5 Å². The number of rotatable bonds is 12. The molecule has 0 spiro atoms. The van der Waals surface area contributed by atoms with E-state index in [-0.39, 0.29) is 5.75 Å². The van der Waals surface area contributed by atoms with Crippen LogP contribution < -0.4 is 4.74 Å². The van der Waals surface area contributed by atoms with Crippen molar-refractivity contribution in [2.75, 3.05) is 0 Å². The maximum absolute atomic E-state index is 12.7. The van der Waals surface area contributed by atoms with E-state index in [4.69, 9.17) is 0 Å². The molecule has 0 aliphatic rings. The van der Waals surface area contributed by atoms with Crippen molar-refractivity contribution in [1.82, 2.24) is 0 Å². The maximum Gasteiger partial charge on any atom is 0.387 e.